The lowest BCUT2D eigenvalue weighted by Crippen LogP contribution is -2.07. The second-order valence-corrected chi connectivity index (χ2v) is 5.30. The van der Waals surface area contributed by atoms with E-state index in [9.17, 15) is 4.39 Å². The second kappa shape index (κ2) is 6.17. The molecule has 2 aromatic carbocycles. The molecule has 0 saturated carbocycles. The van der Waals surface area contributed by atoms with E-state index < -0.39 is 0 Å². The van der Waals surface area contributed by atoms with Crippen molar-refractivity contribution in [2.45, 2.75) is 19.6 Å². The third kappa shape index (κ3) is 3.78. The number of nitrogens with two attached hydrogens (primary N) is 1. The highest BCUT2D eigenvalue weighted by Gasteiger charge is 2.08. The van der Waals surface area contributed by atoms with Crippen LogP contribution in [0.15, 0.2) is 46.9 Å². The summed E-state index contributed by atoms with van der Waals surface area (Å²) in [5, 5.41) is 0. The fraction of sp³-hybridized carbons (Fsp3) is 0.200. The van der Waals surface area contributed by atoms with Gasteiger partial charge in [-0.05, 0) is 30.7 Å². The highest BCUT2D eigenvalue weighted by atomic mass is 79.9. The van der Waals surface area contributed by atoms with E-state index in [0.717, 1.165) is 10.0 Å². The predicted molar refractivity (Wildman–Crippen MR) is 77.5 cm³/mol. The van der Waals surface area contributed by atoms with E-state index in [2.05, 4.69) is 15.9 Å². The highest BCUT2D eigenvalue weighted by Crippen LogP contribution is 2.21. The molecule has 0 aliphatic heterocycles. The molecule has 100 valence electrons. The Hall–Kier alpha value is -1.39. The molecule has 1 atom stereocenters. The summed E-state index contributed by atoms with van der Waals surface area (Å²) in [7, 11) is 0. The minimum atomic E-state index is -0.330. The summed E-state index contributed by atoms with van der Waals surface area (Å²) in [6, 6.07) is 12.3. The first kappa shape index (κ1) is 14.0. The van der Waals surface area contributed by atoms with Gasteiger partial charge >= 0.3 is 0 Å². The van der Waals surface area contributed by atoms with Crippen LogP contribution in [0.2, 0.25) is 0 Å². The van der Waals surface area contributed by atoms with E-state index in [1.165, 1.54) is 6.07 Å². The van der Waals surface area contributed by atoms with Gasteiger partial charge in [0.05, 0.1) is 0 Å². The zero-order valence-electron chi connectivity index (χ0n) is 10.6. The van der Waals surface area contributed by atoms with Crippen LogP contribution in [0.1, 0.15) is 24.1 Å². The molecular formula is C15H15BrFNO. The molecule has 19 heavy (non-hydrogen) atoms. The molecule has 0 bridgehead atoms. The lowest BCUT2D eigenvalue weighted by molar-refractivity contribution is 0.304. The molecule has 0 fully saturated rings. The monoisotopic (exact) mass is 323 g/mol. The maximum Gasteiger partial charge on any atom is 0.131 e. The molecule has 2 N–H and O–H groups in total. The van der Waals surface area contributed by atoms with Gasteiger partial charge in [0.25, 0.3) is 0 Å². The van der Waals surface area contributed by atoms with Crippen molar-refractivity contribution in [1.29, 1.82) is 0 Å². The highest BCUT2D eigenvalue weighted by molar-refractivity contribution is 9.10. The molecule has 0 heterocycles. The van der Waals surface area contributed by atoms with Crippen LogP contribution in [-0.4, -0.2) is 0 Å². The molecule has 0 saturated heterocycles. The van der Waals surface area contributed by atoms with E-state index in [4.69, 9.17) is 10.5 Å². The van der Waals surface area contributed by atoms with Crippen molar-refractivity contribution in [1.82, 2.24) is 0 Å². The molecule has 0 aromatic heterocycles. The van der Waals surface area contributed by atoms with E-state index >= 15 is 0 Å². The summed E-state index contributed by atoms with van der Waals surface area (Å²) in [4.78, 5) is 0. The average molecular weight is 324 g/mol. The summed E-state index contributed by atoms with van der Waals surface area (Å²) in [5.41, 5.74) is 7.18. The van der Waals surface area contributed by atoms with Crippen LogP contribution >= 0.6 is 15.9 Å². The molecule has 0 aliphatic rings. The maximum absolute atomic E-state index is 13.7. The predicted octanol–water partition coefficient (Wildman–Crippen LogP) is 4.19. The average Bonchev–Trinajstić information content (AvgIpc) is 2.37. The van der Waals surface area contributed by atoms with Crippen molar-refractivity contribution in [2.75, 3.05) is 0 Å². The Morgan fingerprint density at radius 2 is 1.89 bits per heavy atom. The van der Waals surface area contributed by atoms with Crippen LogP contribution in [0.3, 0.4) is 0 Å². The van der Waals surface area contributed by atoms with Crippen molar-refractivity contribution in [2.24, 2.45) is 5.73 Å². The van der Waals surface area contributed by atoms with Crippen LogP contribution in [0.25, 0.3) is 0 Å². The van der Waals surface area contributed by atoms with Gasteiger partial charge in [0.2, 0.25) is 0 Å². The van der Waals surface area contributed by atoms with Crippen LogP contribution in [0.5, 0.6) is 5.75 Å². The van der Waals surface area contributed by atoms with Crippen molar-refractivity contribution in [3.8, 4) is 5.75 Å². The first-order valence-electron chi connectivity index (χ1n) is 5.98. The van der Waals surface area contributed by atoms with E-state index in [0.29, 0.717) is 17.9 Å². The molecule has 0 spiro atoms. The fourth-order valence-electron chi connectivity index (χ4n) is 1.71. The van der Waals surface area contributed by atoms with Crippen LogP contribution < -0.4 is 10.5 Å². The third-order valence-electron chi connectivity index (χ3n) is 2.78. The SMILES string of the molecule is CC(N)c1ccc(OCc2ccc(Br)cc2)cc1F. The van der Waals surface area contributed by atoms with Gasteiger partial charge in [-0.2, -0.15) is 0 Å². The molecule has 0 radical (unpaired) electrons. The number of ether oxygens (including phenoxy) is 1. The minimum absolute atomic E-state index is 0.319. The Kier molecular flexibility index (Phi) is 4.56. The molecule has 2 nitrogen and oxygen atoms in total. The van der Waals surface area contributed by atoms with Gasteiger partial charge in [-0.3, -0.25) is 0 Å². The van der Waals surface area contributed by atoms with E-state index in [1.54, 1.807) is 19.1 Å². The van der Waals surface area contributed by atoms with Crippen molar-refractivity contribution < 1.29 is 9.13 Å². The molecule has 0 aliphatic carbocycles. The summed E-state index contributed by atoms with van der Waals surface area (Å²) >= 11 is 3.37. The van der Waals surface area contributed by atoms with Crippen LogP contribution in [-0.2, 0) is 6.61 Å². The normalized spacial score (nSPS) is 12.2. The quantitative estimate of drug-likeness (QED) is 0.915. The molecule has 0 amide bonds. The number of benzene rings is 2. The Morgan fingerprint density at radius 3 is 2.47 bits per heavy atom. The third-order valence-corrected chi connectivity index (χ3v) is 3.31. The Balaban J connectivity index is 2.04. The Bertz CT molecular complexity index is 555. The smallest absolute Gasteiger partial charge is 0.131 e. The number of hydrogen-bond donors (Lipinski definition) is 1. The molecule has 2 rings (SSSR count). The van der Waals surface area contributed by atoms with E-state index in [-0.39, 0.29) is 11.9 Å². The number of hydrogen-bond acceptors (Lipinski definition) is 2. The number of halogens is 2. The summed E-state index contributed by atoms with van der Waals surface area (Å²) < 4.78 is 20.3. The lowest BCUT2D eigenvalue weighted by atomic mass is 10.1. The van der Waals surface area contributed by atoms with Gasteiger partial charge in [0, 0.05) is 22.1 Å². The topological polar surface area (TPSA) is 35.2 Å². The van der Waals surface area contributed by atoms with Gasteiger partial charge in [-0.25, -0.2) is 4.39 Å². The van der Waals surface area contributed by atoms with Gasteiger partial charge in [-0.15, -0.1) is 0 Å². The molecule has 2 aromatic rings. The van der Waals surface area contributed by atoms with Gasteiger partial charge in [-0.1, -0.05) is 34.1 Å². The minimum Gasteiger partial charge on any atom is -0.489 e. The standard InChI is InChI=1S/C15H15BrFNO/c1-10(18)14-7-6-13(8-15(14)17)19-9-11-2-4-12(16)5-3-11/h2-8,10H,9,18H2,1H3. The van der Waals surface area contributed by atoms with Gasteiger partial charge < -0.3 is 10.5 Å². The Morgan fingerprint density at radius 1 is 1.21 bits per heavy atom. The zero-order chi connectivity index (χ0) is 13.8. The van der Waals surface area contributed by atoms with Crippen molar-refractivity contribution >= 4 is 15.9 Å². The van der Waals surface area contributed by atoms with Crippen molar-refractivity contribution in [3.05, 3.63) is 63.9 Å². The second-order valence-electron chi connectivity index (χ2n) is 4.39. The first-order chi connectivity index (χ1) is 9.06. The maximum atomic E-state index is 13.7. The largest absolute Gasteiger partial charge is 0.489 e. The molecular weight excluding hydrogens is 309 g/mol. The van der Waals surface area contributed by atoms with Crippen molar-refractivity contribution in [3.63, 3.8) is 0 Å². The Labute approximate surface area is 120 Å². The summed E-state index contributed by atoms with van der Waals surface area (Å²) in [5.74, 6) is 0.174. The van der Waals surface area contributed by atoms with Crippen LogP contribution in [0, 0.1) is 5.82 Å². The first-order valence-corrected chi connectivity index (χ1v) is 6.78. The summed E-state index contributed by atoms with van der Waals surface area (Å²) in [6.45, 7) is 2.16. The lowest BCUT2D eigenvalue weighted by Gasteiger charge is -2.10. The zero-order valence-corrected chi connectivity index (χ0v) is 12.2. The van der Waals surface area contributed by atoms with E-state index in [1.807, 2.05) is 24.3 Å². The molecule has 1 unspecified atom stereocenters. The van der Waals surface area contributed by atoms with Crippen LogP contribution in [0.4, 0.5) is 4.39 Å². The fourth-order valence-corrected chi connectivity index (χ4v) is 1.98. The van der Waals surface area contributed by atoms with Gasteiger partial charge in [0.15, 0.2) is 0 Å². The number of rotatable bonds is 4. The van der Waals surface area contributed by atoms with Gasteiger partial charge in [0.1, 0.15) is 18.2 Å². The molecule has 4 heteroatoms. The summed E-state index contributed by atoms with van der Waals surface area (Å²) in [6.07, 6.45) is 0.